The van der Waals surface area contributed by atoms with E-state index < -0.39 is 30.2 Å². The third-order valence-corrected chi connectivity index (χ3v) is 0.808. The fourth-order valence-electron chi connectivity index (χ4n) is 0.377. The summed E-state index contributed by atoms with van der Waals surface area (Å²) in [6.45, 7) is 0. The second-order valence-corrected chi connectivity index (χ2v) is 1.47. The molecule has 0 fully saturated rings. The molecule has 0 bridgehead atoms. The first-order valence-corrected chi connectivity index (χ1v) is 2.69. The van der Waals surface area contributed by atoms with Crippen LogP contribution >= 0.6 is 11.6 Å². The third-order valence-electron chi connectivity index (χ3n) is 0.699. The van der Waals surface area contributed by atoms with Gasteiger partial charge in [-0.1, -0.05) is 41.8 Å². The lowest BCUT2D eigenvalue weighted by atomic mass is 10.2. The SMILES string of the molecule is [2H]C(=CCl)c1c([2H])c([2H])c([2H])c([2H])c1[2H]. The van der Waals surface area contributed by atoms with E-state index in [0.717, 1.165) is 5.54 Å². The Hall–Kier alpha value is -0.750. The van der Waals surface area contributed by atoms with E-state index in [2.05, 4.69) is 0 Å². The molecule has 0 atom stereocenters. The molecular formula is C8H7Cl. The van der Waals surface area contributed by atoms with E-state index in [1.807, 2.05) is 0 Å². The number of hydrogen-bond donors (Lipinski definition) is 0. The van der Waals surface area contributed by atoms with Crippen LogP contribution in [0, 0.1) is 0 Å². The Balaban J connectivity index is 3.67. The largest absolute Gasteiger partial charge is 0.0929 e. The van der Waals surface area contributed by atoms with E-state index in [1.165, 1.54) is 0 Å². The van der Waals surface area contributed by atoms with Crippen LogP contribution in [0.1, 0.15) is 13.8 Å². The predicted octanol–water partition coefficient (Wildman–Crippen LogP) is 2.90. The molecule has 0 aromatic heterocycles. The topological polar surface area (TPSA) is 0 Å². The molecule has 0 spiro atoms. The lowest BCUT2D eigenvalue weighted by Crippen LogP contribution is -1.64. The van der Waals surface area contributed by atoms with Crippen LogP contribution in [0.2, 0.25) is 0 Å². The number of hydrogen-bond acceptors (Lipinski definition) is 0. The minimum Gasteiger partial charge on any atom is -0.0929 e. The van der Waals surface area contributed by atoms with Crippen molar-refractivity contribution in [1.82, 2.24) is 0 Å². The molecule has 0 radical (unpaired) electrons. The summed E-state index contributed by atoms with van der Waals surface area (Å²) in [5.41, 5.74) is 0.685. The van der Waals surface area contributed by atoms with Crippen LogP contribution in [0.25, 0.3) is 6.05 Å². The van der Waals surface area contributed by atoms with Crippen molar-refractivity contribution in [2.75, 3.05) is 0 Å². The molecule has 1 aromatic rings. The van der Waals surface area contributed by atoms with Crippen molar-refractivity contribution >= 4 is 17.7 Å². The van der Waals surface area contributed by atoms with Gasteiger partial charge in [0.25, 0.3) is 0 Å². The fourth-order valence-corrected chi connectivity index (χ4v) is 0.486. The van der Waals surface area contributed by atoms with Crippen molar-refractivity contribution in [2.45, 2.75) is 0 Å². The van der Waals surface area contributed by atoms with E-state index in [4.69, 9.17) is 19.8 Å². The summed E-state index contributed by atoms with van der Waals surface area (Å²) in [6, 6.07) is -2.53. The minimum absolute atomic E-state index is 0.184. The molecule has 0 aliphatic carbocycles. The zero-order valence-corrected chi connectivity index (χ0v) is 5.21. The highest BCUT2D eigenvalue weighted by atomic mass is 35.5. The number of benzene rings is 1. The third kappa shape index (κ3) is 1.90. The van der Waals surface area contributed by atoms with Crippen molar-refractivity contribution in [3.8, 4) is 0 Å². The summed E-state index contributed by atoms with van der Waals surface area (Å²) in [4.78, 5) is 0. The van der Waals surface area contributed by atoms with Gasteiger partial charge >= 0.3 is 0 Å². The van der Waals surface area contributed by atoms with Gasteiger partial charge in [0, 0.05) is 5.54 Å². The first kappa shape index (κ1) is 2.14. The standard InChI is InChI=1S/C8H7Cl/c9-7-6-8-4-2-1-3-5-8/h1-7H/i1D,2D,3D,4D,5D,6D. The quantitative estimate of drug-likeness (QED) is 0.569. The Morgan fingerprint density at radius 1 is 1.44 bits per heavy atom. The van der Waals surface area contributed by atoms with Gasteiger partial charge in [0.15, 0.2) is 0 Å². The molecule has 0 unspecified atom stereocenters. The fraction of sp³-hybridized carbons (Fsp3) is 0. The van der Waals surface area contributed by atoms with Gasteiger partial charge in [0.1, 0.15) is 0 Å². The smallest absolute Gasteiger partial charge is 0.0638 e. The molecular weight excluding hydrogens is 132 g/mol. The van der Waals surface area contributed by atoms with Gasteiger partial charge in [-0.25, -0.2) is 0 Å². The second kappa shape index (κ2) is 3.31. The van der Waals surface area contributed by atoms with E-state index in [-0.39, 0.29) is 11.6 Å². The molecule has 0 heterocycles. The molecule has 0 nitrogen and oxygen atoms in total. The van der Waals surface area contributed by atoms with E-state index >= 15 is 0 Å². The van der Waals surface area contributed by atoms with E-state index in [9.17, 15) is 0 Å². The lowest BCUT2D eigenvalue weighted by molar-refractivity contribution is 1.66. The van der Waals surface area contributed by atoms with E-state index in [1.54, 1.807) is 0 Å². The molecule has 0 amide bonds. The molecule has 9 heavy (non-hydrogen) atoms. The van der Waals surface area contributed by atoms with Gasteiger partial charge in [-0.2, -0.15) is 0 Å². The summed E-state index contributed by atoms with van der Waals surface area (Å²) >= 11 is 5.29. The van der Waals surface area contributed by atoms with Crippen LogP contribution in [0.3, 0.4) is 0 Å². The number of halogens is 1. The van der Waals surface area contributed by atoms with Gasteiger partial charge in [0.05, 0.1) is 8.22 Å². The maximum absolute atomic E-state index is 7.48. The van der Waals surface area contributed by atoms with E-state index in [0.29, 0.717) is 0 Å². The average molecular weight is 145 g/mol. The highest BCUT2D eigenvalue weighted by molar-refractivity contribution is 6.27. The van der Waals surface area contributed by atoms with Crippen LogP contribution in [0.15, 0.2) is 35.7 Å². The van der Waals surface area contributed by atoms with Crippen LogP contribution in [-0.4, -0.2) is 0 Å². The Bertz CT molecular complexity index is 410. The van der Waals surface area contributed by atoms with Gasteiger partial charge in [-0.15, -0.1) is 0 Å². The van der Waals surface area contributed by atoms with Crippen LogP contribution < -0.4 is 0 Å². The summed E-state index contributed by atoms with van der Waals surface area (Å²) in [7, 11) is 0. The lowest BCUT2D eigenvalue weighted by Gasteiger charge is -1.86. The Morgan fingerprint density at radius 2 is 2.11 bits per heavy atom. The molecule has 0 aliphatic rings. The monoisotopic (exact) mass is 144 g/mol. The average Bonchev–Trinajstić information content (AvgIpc) is 2.23. The highest BCUT2D eigenvalue weighted by Crippen LogP contribution is 2.00. The molecule has 0 aliphatic heterocycles. The van der Waals surface area contributed by atoms with Crippen LogP contribution in [0.5, 0.6) is 0 Å². The van der Waals surface area contributed by atoms with Gasteiger partial charge in [0.2, 0.25) is 0 Å². The summed E-state index contributed by atoms with van der Waals surface area (Å²) in [6.07, 6.45) is 0. The van der Waals surface area contributed by atoms with Crippen molar-refractivity contribution in [3.05, 3.63) is 41.3 Å². The number of rotatable bonds is 1. The minimum atomic E-state index is -0.476. The van der Waals surface area contributed by atoms with Crippen LogP contribution in [-0.2, 0) is 0 Å². The van der Waals surface area contributed by atoms with Crippen molar-refractivity contribution in [2.24, 2.45) is 0 Å². The van der Waals surface area contributed by atoms with Gasteiger partial charge < -0.3 is 0 Å². The van der Waals surface area contributed by atoms with Crippen molar-refractivity contribution < 1.29 is 8.22 Å². The first-order valence-electron chi connectivity index (χ1n) is 5.26. The Morgan fingerprint density at radius 3 is 2.67 bits per heavy atom. The summed E-state index contributed by atoms with van der Waals surface area (Å²) in [5, 5.41) is 0. The molecule has 0 saturated heterocycles. The molecule has 46 valence electrons. The summed E-state index contributed by atoms with van der Waals surface area (Å²) in [5.74, 6) is 0. The van der Waals surface area contributed by atoms with Crippen LogP contribution in [0.4, 0.5) is 0 Å². The Kier molecular flexibility index (Phi) is 0.785. The van der Waals surface area contributed by atoms with Crippen molar-refractivity contribution in [1.29, 1.82) is 0 Å². The highest BCUT2D eigenvalue weighted by Gasteiger charge is 1.78. The zero-order valence-electron chi connectivity index (χ0n) is 10.5. The molecule has 1 heteroatoms. The second-order valence-electron chi connectivity index (χ2n) is 1.25. The Labute approximate surface area is 68.2 Å². The summed E-state index contributed by atoms with van der Waals surface area (Å²) < 4.78 is 44.3. The molecule has 0 N–H and O–H groups in total. The predicted molar refractivity (Wildman–Crippen MR) is 41.3 cm³/mol. The van der Waals surface area contributed by atoms with Gasteiger partial charge in [-0.3, -0.25) is 0 Å². The normalized spacial score (nSPS) is 20.8. The maximum atomic E-state index is 7.48. The zero-order chi connectivity index (χ0) is 11.7. The van der Waals surface area contributed by atoms with Crippen molar-refractivity contribution in [3.63, 3.8) is 0 Å². The maximum Gasteiger partial charge on any atom is 0.0638 e. The first-order chi connectivity index (χ1) is 6.91. The van der Waals surface area contributed by atoms with Gasteiger partial charge in [-0.05, 0) is 11.6 Å². The molecule has 1 aromatic carbocycles. The molecule has 1 rings (SSSR count). The molecule has 0 saturated carbocycles.